The topological polar surface area (TPSA) is 84.5 Å². The van der Waals surface area contributed by atoms with Gasteiger partial charge in [-0.3, -0.25) is 9.52 Å². The van der Waals surface area contributed by atoms with Gasteiger partial charge in [0.1, 0.15) is 5.75 Å². The Hall–Kier alpha value is -2.74. The second-order valence-corrected chi connectivity index (χ2v) is 9.36. The molecule has 3 aromatic rings. The minimum absolute atomic E-state index is 0.0330. The third-order valence-electron chi connectivity index (χ3n) is 4.33. The van der Waals surface area contributed by atoms with Crippen molar-refractivity contribution >= 4 is 50.5 Å². The van der Waals surface area contributed by atoms with E-state index in [1.165, 1.54) is 42.5 Å². The molecule has 0 radical (unpaired) electrons. The largest absolute Gasteiger partial charge is 0.484 e. The van der Waals surface area contributed by atoms with Crippen LogP contribution in [0.15, 0.2) is 65.6 Å². The average molecular weight is 479 g/mol. The fourth-order valence-corrected chi connectivity index (χ4v) is 4.13. The van der Waals surface area contributed by atoms with Gasteiger partial charge in [-0.25, -0.2) is 8.42 Å². The minimum Gasteiger partial charge on any atom is -0.484 e. The van der Waals surface area contributed by atoms with Crippen LogP contribution in [0, 0.1) is 13.8 Å². The Kier molecular flexibility index (Phi) is 7.10. The van der Waals surface area contributed by atoms with Crippen LogP contribution < -0.4 is 14.8 Å². The summed E-state index contributed by atoms with van der Waals surface area (Å²) in [5.41, 5.74) is 3.07. The molecule has 0 atom stereocenters. The molecule has 3 aromatic carbocycles. The van der Waals surface area contributed by atoms with E-state index in [9.17, 15) is 13.2 Å². The molecular weight excluding hydrogens is 459 g/mol. The summed E-state index contributed by atoms with van der Waals surface area (Å²) in [5, 5.41) is 3.36. The quantitative estimate of drug-likeness (QED) is 0.474. The standard InChI is InChI=1S/C22H20Cl2N2O4S/c1-14-3-10-21(15(2)11-14)25-22(27)13-30-17-5-7-18(8-6-17)31(28,29)26-16-4-9-19(23)20(24)12-16/h3-12,26H,13H2,1-2H3,(H,25,27). The Morgan fingerprint density at radius 1 is 0.935 bits per heavy atom. The monoisotopic (exact) mass is 478 g/mol. The normalized spacial score (nSPS) is 11.1. The average Bonchev–Trinajstić information content (AvgIpc) is 2.71. The van der Waals surface area contributed by atoms with Crippen molar-refractivity contribution in [2.45, 2.75) is 18.7 Å². The second-order valence-electron chi connectivity index (χ2n) is 6.86. The number of carbonyl (C=O) groups excluding carboxylic acids is 1. The highest BCUT2D eigenvalue weighted by atomic mass is 35.5. The van der Waals surface area contributed by atoms with Crippen molar-refractivity contribution in [1.82, 2.24) is 0 Å². The summed E-state index contributed by atoms with van der Waals surface area (Å²) in [6, 6.07) is 15.9. The number of hydrogen-bond donors (Lipinski definition) is 2. The van der Waals surface area contributed by atoms with Gasteiger partial charge in [-0.2, -0.15) is 0 Å². The third-order valence-corrected chi connectivity index (χ3v) is 6.47. The molecule has 0 aliphatic carbocycles. The number of nitrogens with one attached hydrogen (secondary N) is 2. The van der Waals surface area contributed by atoms with Crippen molar-refractivity contribution in [2.75, 3.05) is 16.6 Å². The highest BCUT2D eigenvalue weighted by Gasteiger charge is 2.15. The van der Waals surface area contributed by atoms with Gasteiger partial charge in [0.05, 0.1) is 20.6 Å². The molecule has 0 fully saturated rings. The van der Waals surface area contributed by atoms with E-state index in [4.69, 9.17) is 27.9 Å². The maximum absolute atomic E-state index is 12.5. The van der Waals surface area contributed by atoms with Crippen LogP contribution in [0.25, 0.3) is 0 Å². The summed E-state index contributed by atoms with van der Waals surface area (Å²) in [6.45, 7) is 3.68. The van der Waals surface area contributed by atoms with E-state index < -0.39 is 10.0 Å². The molecule has 2 N–H and O–H groups in total. The summed E-state index contributed by atoms with van der Waals surface area (Å²) in [6.07, 6.45) is 0. The van der Waals surface area contributed by atoms with Crippen LogP contribution in [0.2, 0.25) is 10.0 Å². The van der Waals surface area contributed by atoms with Crippen LogP contribution in [-0.2, 0) is 14.8 Å². The lowest BCUT2D eigenvalue weighted by Crippen LogP contribution is -2.20. The lowest BCUT2D eigenvalue weighted by Gasteiger charge is -2.11. The number of sulfonamides is 1. The molecule has 0 bridgehead atoms. The number of hydrogen-bond acceptors (Lipinski definition) is 4. The molecule has 0 aliphatic heterocycles. The van der Waals surface area contributed by atoms with Gasteiger partial charge in [-0.05, 0) is 67.9 Å². The van der Waals surface area contributed by atoms with Gasteiger partial charge in [0.2, 0.25) is 0 Å². The van der Waals surface area contributed by atoms with Crippen molar-refractivity contribution in [1.29, 1.82) is 0 Å². The summed E-state index contributed by atoms with van der Waals surface area (Å²) < 4.78 is 33.0. The van der Waals surface area contributed by atoms with E-state index in [1.807, 2.05) is 32.0 Å². The van der Waals surface area contributed by atoms with E-state index in [-0.39, 0.29) is 28.1 Å². The van der Waals surface area contributed by atoms with E-state index in [1.54, 1.807) is 0 Å². The number of aryl methyl sites for hydroxylation is 2. The molecule has 0 spiro atoms. The molecule has 9 heteroatoms. The van der Waals surface area contributed by atoms with E-state index in [0.717, 1.165) is 11.1 Å². The highest BCUT2D eigenvalue weighted by molar-refractivity contribution is 7.92. The summed E-state index contributed by atoms with van der Waals surface area (Å²) in [7, 11) is -3.83. The van der Waals surface area contributed by atoms with Gasteiger partial charge in [-0.1, -0.05) is 40.9 Å². The SMILES string of the molecule is Cc1ccc(NC(=O)COc2ccc(S(=O)(=O)Nc3ccc(Cl)c(Cl)c3)cc2)c(C)c1. The van der Waals surface area contributed by atoms with Gasteiger partial charge in [0, 0.05) is 5.69 Å². The van der Waals surface area contributed by atoms with Gasteiger partial charge in [0.15, 0.2) is 6.61 Å². The maximum atomic E-state index is 12.5. The van der Waals surface area contributed by atoms with Gasteiger partial charge in [-0.15, -0.1) is 0 Å². The molecule has 162 valence electrons. The zero-order valence-electron chi connectivity index (χ0n) is 16.8. The van der Waals surface area contributed by atoms with Gasteiger partial charge in [0.25, 0.3) is 15.9 Å². The fraction of sp³-hybridized carbons (Fsp3) is 0.136. The maximum Gasteiger partial charge on any atom is 0.262 e. The molecule has 6 nitrogen and oxygen atoms in total. The fourth-order valence-electron chi connectivity index (χ4n) is 2.78. The lowest BCUT2D eigenvalue weighted by atomic mass is 10.1. The number of rotatable bonds is 7. The number of amides is 1. The number of anilines is 2. The lowest BCUT2D eigenvalue weighted by molar-refractivity contribution is -0.118. The molecule has 0 aliphatic rings. The first-order chi connectivity index (χ1) is 14.6. The zero-order chi connectivity index (χ0) is 22.6. The minimum atomic E-state index is -3.83. The number of carbonyl (C=O) groups is 1. The highest BCUT2D eigenvalue weighted by Crippen LogP contribution is 2.27. The molecular formula is C22H20Cl2N2O4S. The van der Waals surface area contributed by atoms with Crippen LogP contribution in [0.5, 0.6) is 5.75 Å². The molecule has 3 rings (SSSR count). The van der Waals surface area contributed by atoms with Crippen molar-refractivity contribution in [2.24, 2.45) is 0 Å². The van der Waals surface area contributed by atoms with Gasteiger partial charge < -0.3 is 10.1 Å². The number of ether oxygens (including phenoxy) is 1. The van der Waals surface area contributed by atoms with Crippen LogP contribution in [-0.4, -0.2) is 20.9 Å². The van der Waals surface area contributed by atoms with Crippen molar-refractivity contribution in [3.05, 3.63) is 81.8 Å². The molecule has 0 saturated heterocycles. The smallest absolute Gasteiger partial charge is 0.262 e. The first kappa shape index (κ1) is 22.9. The predicted molar refractivity (Wildman–Crippen MR) is 124 cm³/mol. The van der Waals surface area contributed by atoms with E-state index >= 15 is 0 Å². The first-order valence-electron chi connectivity index (χ1n) is 9.22. The molecule has 1 amide bonds. The predicted octanol–water partition coefficient (Wildman–Crippen LogP) is 5.43. The second kappa shape index (κ2) is 9.60. The zero-order valence-corrected chi connectivity index (χ0v) is 19.1. The summed E-state index contributed by atoms with van der Waals surface area (Å²) in [4.78, 5) is 12.2. The first-order valence-corrected chi connectivity index (χ1v) is 11.5. The third kappa shape index (κ3) is 6.13. The van der Waals surface area contributed by atoms with Crippen molar-refractivity contribution < 1.29 is 17.9 Å². The molecule has 0 saturated carbocycles. The Labute approximate surface area is 191 Å². The number of benzene rings is 3. The molecule has 31 heavy (non-hydrogen) atoms. The Bertz CT molecular complexity index is 1210. The van der Waals surface area contributed by atoms with E-state index in [2.05, 4.69) is 10.0 Å². The molecule has 0 heterocycles. The summed E-state index contributed by atoms with van der Waals surface area (Å²) in [5.74, 6) is 0.0502. The van der Waals surface area contributed by atoms with Gasteiger partial charge >= 0.3 is 0 Å². The van der Waals surface area contributed by atoms with Crippen molar-refractivity contribution in [3.63, 3.8) is 0 Å². The summed E-state index contributed by atoms with van der Waals surface area (Å²) >= 11 is 11.8. The van der Waals surface area contributed by atoms with Crippen LogP contribution in [0.3, 0.4) is 0 Å². The van der Waals surface area contributed by atoms with Crippen molar-refractivity contribution in [3.8, 4) is 5.75 Å². The Balaban J connectivity index is 1.60. The molecule has 0 unspecified atom stereocenters. The van der Waals surface area contributed by atoms with E-state index in [0.29, 0.717) is 16.5 Å². The van der Waals surface area contributed by atoms with Crippen LogP contribution >= 0.6 is 23.2 Å². The van der Waals surface area contributed by atoms with Crippen LogP contribution in [0.4, 0.5) is 11.4 Å². The Morgan fingerprint density at radius 2 is 1.65 bits per heavy atom. The Morgan fingerprint density at radius 3 is 2.29 bits per heavy atom. The number of halogens is 2. The molecule has 0 aromatic heterocycles. The van der Waals surface area contributed by atoms with Crippen LogP contribution in [0.1, 0.15) is 11.1 Å².